The lowest BCUT2D eigenvalue weighted by Crippen LogP contribution is -2.14. The molecular formula is C12H13BrO3. The predicted octanol–water partition coefficient (Wildman–Crippen LogP) is 2.56. The van der Waals surface area contributed by atoms with E-state index in [9.17, 15) is 4.79 Å². The summed E-state index contributed by atoms with van der Waals surface area (Å²) in [6.45, 7) is 2.17. The molecule has 0 aliphatic carbocycles. The van der Waals surface area contributed by atoms with Crippen molar-refractivity contribution in [3.8, 4) is 5.75 Å². The van der Waals surface area contributed by atoms with Crippen LogP contribution in [-0.4, -0.2) is 24.0 Å². The summed E-state index contributed by atoms with van der Waals surface area (Å²) in [4.78, 5) is 11.7. The Morgan fingerprint density at radius 3 is 3.12 bits per heavy atom. The average molecular weight is 285 g/mol. The first-order valence-electron chi connectivity index (χ1n) is 5.28. The van der Waals surface area contributed by atoms with E-state index in [1.807, 2.05) is 12.1 Å². The maximum atomic E-state index is 11.7. The molecule has 1 aromatic carbocycles. The number of halogens is 1. The first kappa shape index (κ1) is 11.5. The van der Waals surface area contributed by atoms with Crippen molar-refractivity contribution in [1.82, 2.24) is 0 Å². The van der Waals surface area contributed by atoms with E-state index in [1.165, 1.54) is 0 Å². The van der Waals surface area contributed by atoms with Gasteiger partial charge in [0.15, 0.2) is 0 Å². The number of para-hydroxylation sites is 1. The standard InChI is InChI=1S/C12H13BrO3/c1-2-15-12(14)10-5-3-4-8-6-9(7-13)16-11(8)10/h3-5,9H,2,6-7H2,1H3. The third-order valence-corrected chi connectivity index (χ3v) is 3.22. The molecular weight excluding hydrogens is 272 g/mol. The Labute approximate surface area is 103 Å². The number of alkyl halides is 1. The average Bonchev–Trinajstić information content (AvgIpc) is 2.71. The molecule has 0 spiro atoms. The second kappa shape index (κ2) is 4.87. The highest BCUT2D eigenvalue weighted by Crippen LogP contribution is 2.33. The molecule has 1 aliphatic heterocycles. The largest absolute Gasteiger partial charge is 0.488 e. The minimum Gasteiger partial charge on any atom is -0.488 e. The van der Waals surface area contributed by atoms with Gasteiger partial charge in [0, 0.05) is 11.8 Å². The van der Waals surface area contributed by atoms with Gasteiger partial charge in [-0.2, -0.15) is 0 Å². The number of esters is 1. The Morgan fingerprint density at radius 2 is 2.44 bits per heavy atom. The molecule has 0 fully saturated rings. The summed E-state index contributed by atoms with van der Waals surface area (Å²) in [6, 6.07) is 5.60. The van der Waals surface area contributed by atoms with Crippen LogP contribution >= 0.6 is 15.9 Å². The Morgan fingerprint density at radius 1 is 1.62 bits per heavy atom. The number of hydrogen-bond donors (Lipinski definition) is 0. The summed E-state index contributed by atoms with van der Waals surface area (Å²) in [5.74, 6) is 0.375. The van der Waals surface area contributed by atoms with Crippen LogP contribution in [0.1, 0.15) is 22.8 Å². The molecule has 0 bridgehead atoms. The molecule has 4 heteroatoms. The number of ether oxygens (including phenoxy) is 2. The molecule has 0 saturated carbocycles. The van der Waals surface area contributed by atoms with Crippen molar-refractivity contribution >= 4 is 21.9 Å². The second-order valence-corrected chi connectivity index (χ2v) is 4.26. The molecule has 0 aromatic heterocycles. The van der Waals surface area contributed by atoms with Crippen LogP contribution in [0, 0.1) is 0 Å². The lowest BCUT2D eigenvalue weighted by atomic mass is 10.1. The zero-order chi connectivity index (χ0) is 11.5. The maximum absolute atomic E-state index is 11.7. The zero-order valence-corrected chi connectivity index (χ0v) is 10.6. The van der Waals surface area contributed by atoms with Gasteiger partial charge in [0.25, 0.3) is 0 Å². The van der Waals surface area contributed by atoms with Crippen molar-refractivity contribution in [3.05, 3.63) is 29.3 Å². The minimum absolute atomic E-state index is 0.116. The molecule has 2 rings (SSSR count). The number of carbonyl (C=O) groups is 1. The van der Waals surface area contributed by atoms with Crippen LogP contribution in [0.4, 0.5) is 0 Å². The highest BCUT2D eigenvalue weighted by molar-refractivity contribution is 9.09. The maximum Gasteiger partial charge on any atom is 0.341 e. The van der Waals surface area contributed by atoms with Gasteiger partial charge in [-0.3, -0.25) is 0 Å². The molecule has 1 unspecified atom stereocenters. The fourth-order valence-corrected chi connectivity index (χ4v) is 2.16. The van der Waals surface area contributed by atoms with Gasteiger partial charge in [-0.1, -0.05) is 28.1 Å². The highest BCUT2D eigenvalue weighted by atomic mass is 79.9. The first-order chi connectivity index (χ1) is 7.76. The van der Waals surface area contributed by atoms with E-state index in [4.69, 9.17) is 9.47 Å². The molecule has 0 saturated heterocycles. The van der Waals surface area contributed by atoms with Crippen LogP contribution in [-0.2, 0) is 11.2 Å². The van der Waals surface area contributed by atoms with E-state index in [1.54, 1.807) is 13.0 Å². The molecule has 86 valence electrons. The summed E-state index contributed by atoms with van der Waals surface area (Å²) in [7, 11) is 0. The Bertz CT molecular complexity index is 403. The number of benzene rings is 1. The van der Waals surface area contributed by atoms with Crippen molar-refractivity contribution in [3.63, 3.8) is 0 Å². The Hall–Kier alpha value is -1.03. The van der Waals surface area contributed by atoms with Gasteiger partial charge < -0.3 is 9.47 Å². The summed E-state index contributed by atoms with van der Waals surface area (Å²) in [5, 5.41) is 0.768. The lowest BCUT2D eigenvalue weighted by molar-refractivity contribution is 0.0521. The third-order valence-electron chi connectivity index (χ3n) is 2.50. The highest BCUT2D eigenvalue weighted by Gasteiger charge is 2.27. The third kappa shape index (κ3) is 2.07. The number of hydrogen-bond acceptors (Lipinski definition) is 3. The molecule has 0 radical (unpaired) electrons. The van der Waals surface area contributed by atoms with Gasteiger partial charge in [0.05, 0.1) is 6.61 Å². The molecule has 16 heavy (non-hydrogen) atoms. The first-order valence-corrected chi connectivity index (χ1v) is 6.40. The summed E-state index contributed by atoms with van der Waals surface area (Å²) < 4.78 is 10.7. The molecule has 0 amide bonds. The zero-order valence-electron chi connectivity index (χ0n) is 9.03. The van der Waals surface area contributed by atoms with Crippen molar-refractivity contribution < 1.29 is 14.3 Å². The van der Waals surface area contributed by atoms with E-state index >= 15 is 0 Å². The SMILES string of the molecule is CCOC(=O)c1cccc2c1OC(CBr)C2. The minimum atomic E-state index is -0.311. The summed E-state index contributed by atoms with van der Waals surface area (Å²) in [5.41, 5.74) is 1.61. The Kier molecular flexibility index (Phi) is 3.49. The van der Waals surface area contributed by atoms with Crippen LogP contribution in [0.25, 0.3) is 0 Å². The van der Waals surface area contributed by atoms with Crippen LogP contribution in [0.15, 0.2) is 18.2 Å². The monoisotopic (exact) mass is 284 g/mol. The van der Waals surface area contributed by atoms with E-state index in [0.29, 0.717) is 17.9 Å². The van der Waals surface area contributed by atoms with Crippen LogP contribution in [0.3, 0.4) is 0 Å². The van der Waals surface area contributed by atoms with Crippen LogP contribution < -0.4 is 4.74 Å². The van der Waals surface area contributed by atoms with Crippen molar-refractivity contribution in [2.75, 3.05) is 11.9 Å². The van der Waals surface area contributed by atoms with Gasteiger partial charge >= 0.3 is 5.97 Å². The molecule has 0 N–H and O–H groups in total. The molecule has 3 nitrogen and oxygen atoms in total. The van der Waals surface area contributed by atoms with Crippen LogP contribution in [0.2, 0.25) is 0 Å². The van der Waals surface area contributed by atoms with E-state index in [-0.39, 0.29) is 12.1 Å². The predicted molar refractivity (Wildman–Crippen MR) is 64.3 cm³/mol. The number of fused-ring (bicyclic) bond motifs is 1. The van der Waals surface area contributed by atoms with Gasteiger partial charge in [0.2, 0.25) is 0 Å². The quantitative estimate of drug-likeness (QED) is 0.632. The molecule has 1 heterocycles. The summed E-state index contributed by atoms with van der Waals surface area (Å²) in [6.07, 6.45) is 0.957. The second-order valence-electron chi connectivity index (χ2n) is 3.61. The smallest absolute Gasteiger partial charge is 0.341 e. The Balaban J connectivity index is 2.29. The number of rotatable bonds is 3. The van der Waals surface area contributed by atoms with Gasteiger partial charge in [-0.05, 0) is 18.6 Å². The molecule has 1 aliphatic rings. The van der Waals surface area contributed by atoms with E-state index in [2.05, 4.69) is 15.9 Å². The fourth-order valence-electron chi connectivity index (χ4n) is 1.79. The van der Waals surface area contributed by atoms with Crippen molar-refractivity contribution in [2.45, 2.75) is 19.4 Å². The fraction of sp³-hybridized carbons (Fsp3) is 0.417. The summed E-state index contributed by atoms with van der Waals surface area (Å²) >= 11 is 3.39. The van der Waals surface area contributed by atoms with E-state index < -0.39 is 0 Å². The van der Waals surface area contributed by atoms with Crippen molar-refractivity contribution in [2.24, 2.45) is 0 Å². The lowest BCUT2D eigenvalue weighted by Gasteiger charge is -2.09. The van der Waals surface area contributed by atoms with Crippen molar-refractivity contribution in [1.29, 1.82) is 0 Å². The number of carbonyl (C=O) groups excluding carboxylic acids is 1. The van der Waals surface area contributed by atoms with Gasteiger partial charge in [-0.25, -0.2) is 4.79 Å². The molecule has 1 aromatic rings. The van der Waals surface area contributed by atoms with Gasteiger partial charge in [0.1, 0.15) is 17.4 Å². The normalized spacial score (nSPS) is 17.8. The van der Waals surface area contributed by atoms with Crippen LogP contribution in [0.5, 0.6) is 5.75 Å². The van der Waals surface area contributed by atoms with E-state index in [0.717, 1.165) is 17.3 Å². The van der Waals surface area contributed by atoms with Gasteiger partial charge in [-0.15, -0.1) is 0 Å². The topological polar surface area (TPSA) is 35.5 Å². The molecule has 1 atom stereocenters.